The lowest BCUT2D eigenvalue weighted by Gasteiger charge is -2.03. The molecule has 0 aliphatic heterocycles. The summed E-state index contributed by atoms with van der Waals surface area (Å²) >= 11 is 3.43. The van der Waals surface area contributed by atoms with E-state index in [0.717, 1.165) is 27.9 Å². The van der Waals surface area contributed by atoms with Crippen molar-refractivity contribution < 1.29 is 9.15 Å². The highest BCUT2D eigenvalue weighted by molar-refractivity contribution is 9.10. The molecule has 0 radical (unpaired) electrons. The van der Waals surface area contributed by atoms with Crippen LogP contribution in [0.3, 0.4) is 0 Å². The van der Waals surface area contributed by atoms with Gasteiger partial charge in [0.1, 0.15) is 5.76 Å². The maximum absolute atomic E-state index is 5.77. The van der Waals surface area contributed by atoms with E-state index in [4.69, 9.17) is 9.15 Å². The molecule has 0 amide bonds. The first kappa shape index (κ1) is 16.0. The molecular weight excluding hydrogens is 354 g/mol. The van der Waals surface area contributed by atoms with E-state index in [1.807, 2.05) is 49.4 Å². The summed E-state index contributed by atoms with van der Waals surface area (Å²) in [6.45, 7) is 3.20. The van der Waals surface area contributed by atoms with E-state index in [1.54, 1.807) is 0 Å². The largest absolute Gasteiger partial charge is 0.441 e. The minimum atomic E-state index is 0.622. The highest BCUT2D eigenvalue weighted by Crippen LogP contribution is 2.23. The Hall–Kier alpha value is -1.91. The lowest BCUT2D eigenvalue weighted by atomic mass is 10.2. The monoisotopic (exact) mass is 371 g/mol. The summed E-state index contributed by atoms with van der Waals surface area (Å²) in [5.41, 5.74) is 3.11. The fourth-order valence-electron chi connectivity index (χ4n) is 2.31. The molecule has 0 saturated carbocycles. The SMILES string of the molecule is Cc1oc(-c2ccc(Br)cc2)nc1CCOCc1ccccc1. The summed E-state index contributed by atoms with van der Waals surface area (Å²) < 4.78 is 12.5. The lowest BCUT2D eigenvalue weighted by Crippen LogP contribution is -2.00. The van der Waals surface area contributed by atoms with Crippen LogP contribution in [0.15, 0.2) is 63.5 Å². The van der Waals surface area contributed by atoms with E-state index in [-0.39, 0.29) is 0 Å². The van der Waals surface area contributed by atoms with Gasteiger partial charge in [-0.3, -0.25) is 0 Å². The van der Waals surface area contributed by atoms with Gasteiger partial charge in [0.05, 0.1) is 18.9 Å². The summed E-state index contributed by atoms with van der Waals surface area (Å²) in [5, 5.41) is 0. The Kier molecular flexibility index (Phi) is 5.26. The van der Waals surface area contributed by atoms with Crippen molar-refractivity contribution >= 4 is 15.9 Å². The molecular formula is C19H18BrNO2. The summed E-state index contributed by atoms with van der Waals surface area (Å²) in [7, 11) is 0. The lowest BCUT2D eigenvalue weighted by molar-refractivity contribution is 0.123. The predicted molar refractivity (Wildman–Crippen MR) is 94.2 cm³/mol. The van der Waals surface area contributed by atoms with Crippen LogP contribution in [0, 0.1) is 6.92 Å². The van der Waals surface area contributed by atoms with E-state index in [9.17, 15) is 0 Å². The number of rotatable bonds is 6. The number of nitrogens with zero attached hydrogens (tertiary/aromatic N) is 1. The molecule has 0 fully saturated rings. The number of benzene rings is 2. The van der Waals surface area contributed by atoms with Crippen molar-refractivity contribution in [2.24, 2.45) is 0 Å². The zero-order valence-electron chi connectivity index (χ0n) is 13.0. The normalized spacial score (nSPS) is 10.9. The van der Waals surface area contributed by atoms with Gasteiger partial charge in [0, 0.05) is 16.5 Å². The van der Waals surface area contributed by atoms with Gasteiger partial charge in [-0.2, -0.15) is 0 Å². The quantitative estimate of drug-likeness (QED) is 0.560. The second-order valence-corrected chi connectivity index (χ2v) is 6.23. The number of hydrogen-bond donors (Lipinski definition) is 0. The minimum absolute atomic E-state index is 0.622. The van der Waals surface area contributed by atoms with E-state index in [2.05, 4.69) is 33.0 Å². The Bertz CT molecular complexity index is 751. The molecule has 1 aromatic heterocycles. The van der Waals surface area contributed by atoms with Crippen LogP contribution in [-0.4, -0.2) is 11.6 Å². The molecule has 2 aromatic carbocycles. The molecule has 0 saturated heterocycles. The second kappa shape index (κ2) is 7.57. The van der Waals surface area contributed by atoms with Crippen LogP contribution < -0.4 is 0 Å². The van der Waals surface area contributed by atoms with Gasteiger partial charge in [-0.1, -0.05) is 46.3 Å². The van der Waals surface area contributed by atoms with Crippen molar-refractivity contribution in [2.45, 2.75) is 20.0 Å². The fourth-order valence-corrected chi connectivity index (χ4v) is 2.57. The van der Waals surface area contributed by atoms with Gasteiger partial charge in [-0.25, -0.2) is 4.98 Å². The van der Waals surface area contributed by atoms with E-state index >= 15 is 0 Å². The topological polar surface area (TPSA) is 35.3 Å². The Morgan fingerprint density at radius 3 is 2.52 bits per heavy atom. The number of hydrogen-bond acceptors (Lipinski definition) is 3. The molecule has 0 bridgehead atoms. The van der Waals surface area contributed by atoms with Gasteiger partial charge in [0.25, 0.3) is 0 Å². The summed E-state index contributed by atoms with van der Waals surface area (Å²) in [4.78, 5) is 4.59. The second-order valence-electron chi connectivity index (χ2n) is 5.32. The van der Waals surface area contributed by atoms with Gasteiger partial charge in [0.2, 0.25) is 5.89 Å². The van der Waals surface area contributed by atoms with Crippen LogP contribution in [0.5, 0.6) is 0 Å². The summed E-state index contributed by atoms with van der Waals surface area (Å²) in [6.07, 6.45) is 0.749. The Morgan fingerprint density at radius 2 is 1.78 bits per heavy atom. The zero-order valence-corrected chi connectivity index (χ0v) is 14.5. The van der Waals surface area contributed by atoms with Gasteiger partial charge < -0.3 is 9.15 Å². The molecule has 3 nitrogen and oxygen atoms in total. The highest BCUT2D eigenvalue weighted by Gasteiger charge is 2.11. The van der Waals surface area contributed by atoms with Crippen LogP contribution in [0.4, 0.5) is 0 Å². The maximum atomic E-state index is 5.77. The van der Waals surface area contributed by atoms with Gasteiger partial charge in [0.15, 0.2) is 0 Å². The molecule has 3 rings (SSSR count). The van der Waals surface area contributed by atoms with E-state index in [0.29, 0.717) is 19.1 Å². The number of oxazole rings is 1. The molecule has 0 spiro atoms. The number of aryl methyl sites for hydroxylation is 1. The minimum Gasteiger partial charge on any atom is -0.441 e. The molecule has 0 N–H and O–H groups in total. The molecule has 0 unspecified atom stereocenters. The Morgan fingerprint density at radius 1 is 1.04 bits per heavy atom. The molecule has 23 heavy (non-hydrogen) atoms. The predicted octanol–water partition coefficient (Wildman–Crippen LogP) is 5.17. The highest BCUT2D eigenvalue weighted by atomic mass is 79.9. The molecule has 118 valence electrons. The Labute approximate surface area is 144 Å². The average molecular weight is 372 g/mol. The number of aromatic nitrogens is 1. The maximum Gasteiger partial charge on any atom is 0.226 e. The third-order valence-electron chi connectivity index (χ3n) is 3.58. The van der Waals surface area contributed by atoms with Crippen molar-refractivity contribution in [3.05, 3.63) is 76.1 Å². The zero-order chi connectivity index (χ0) is 16.1. The van der Waals surface area contributed by atoms with Crippen LogP contribution in [0.1, 0.15) is 17.0 Å². The number of ether oxygens (including phenoxy) is 1. The van der Waals surface area contributed by atoms with E-state index in [1.165, 1.54) is 5.56 Å². The first-order valence-electron chi connectivity index (χ1n) is 7.56. The molecule has 1 heterocycles. The molecule has 0 aliphatic rings. The molecule has 0 aliphatic carbocycles. The van der Waals surface area contributed by atoms with Crippen molar-refractivity contribution in [1.29, 1.82) is 0 Å². The van der Waals surface area contributed by atoms with Crippen molar-refractivity contribution in [2.75, 3.05) is 6.61 Å². The van der Waals surface area contributed by atoms with Crippen molar-refractivity contribution in [1.82, 2.24) is 4.98 Å². The molecule has 0 atom stereocenters. The average Bonchev–Trinajstić information content (AvgIpc) is 2.94. The van der Waals surface area contributed by atoms with Crippen LogP contribution >= 0.6 is 15.9 Å². The molecule has 3 aromatic rings. The standard InChI is InChI=1S/C19H18BrNO2/c1-14-18(11-12-22-13-15-5-3-2-4-6-15)21-19(23-14)16-7-9-17(20)10-8-16/h2-10H,11-13H2,1H3. The van der Waals surface area contributed by atoms with Gasteiger partial charge in [-0.15, -0.1) is 0 Å². The van der Waals surface area contributed by atoms with Crippen molar-refractivity contribution in [3.8, 4) is 11.5 Å². The smallest absolute Gasteiger partial charge is 0.226 e. The molecule has 4 heteroatoms. The van der Waals surface area contributed by atoms with Crippen molar-refractivity contribution in [3.63, 3.8) is 0 Å². The third kappa shape index (κ3) is 4.30. The number of halogens is 1. The van der Waals surface area contributed by atoms with Crippen LogP contribution in [0.25, 0.3) is 11.5 Å². The summed E-state index contributed by atoms with van der Waals surface area (Å²) in [6, 6.07) is 18.1. The first-order valence-corrected chi connectivity index (χ1v) is 8.35. The van der Waals surface area contributed by atoms with Gasteiger partial charge in [-0.05, 0) is 36.8 Å². The van der Waals surface area contributed by atoms with Crippen LogP contribution in [-0.2, 0) is 17.8 Å². The van der Waals surface area contributed by atoms with Gasteiger partial charge >= 0.3 is 0 Å². The summed E-state index contributed by atoms with van der Waals surface area (Å²) in [5.74, 6) is 1.51. The van der Waals surface area contributed by atoms with Crippen LogP contribution in [0.2, 0.25) is 0 Å². The first-order chi connectivity index (χ1) is 11.2. The fraction of sp³-hybridized carbons (Fsp3) is 0.211. The Balaban J connectivity index is 1.57. The van der Waals surface area contributed by atoms with E-state index < -0.39 is 0 Å². The third-order valence-corrected chi connectivity index (χ3v) is 4.11.